The van der Waals surface area contributed by atoms with Gasteiger partial charge in [-0.25, -0.2) is 0 Å². The van der Waals surface area contributed by atoms with Gasteiger partial charge < -0.3 is 10.4 Å². The van der Waals surface area contributed by atoms with Crippen LogP contribution in [0.5, 0.6) is 0 Å². The van der Waals surface area contributed by atoms with Crippen molar-refractivity contribution >= 4 is 5.69 Å². The number of hydrogen-bond donors (Lipinski definition) is 2. The third-order valence-electron chi connectivity index (χ3n) is 3.43. The Bertz CT molecular complexity index is 511. The molecule has 2 rings (SSSR count). The fourth-order valence-electron chi connectivity index (χ4n) is 1.82. The highest BCUT2D eigenvalue weighted by Gasteiger charge is 2.21. The zero-order valence-electron chi connectivity index (χ0n) is 11.7. The highest BCUT2D eigenvalue weighted by molar-refractivity contribution is 5.65. The zero-order chi connectivity index (χ0) is 13.9. The molecule has 1 unspecified atom stereocenters. The van der Waals surface area contributed by atoms with Crippen LogP contribution in [0.1, 0.15) is 20.8 Å². The summed E-state index contributed by atoms with van der Waals surface area (Å²) in [7, 11) is 0. The first-order chi connectivity index (χ1) is 8.97. The highest BCUT2D eigenvalue weighted by Crippen LogP contribution is 2.22. The molecule has 0 aromatic heterocycles. The van der Waals surface area contributed by atoms with E-state index in [9.17, 15) is 5.11 Å². The molecule has 0 heterocycles. The Kier molecular flexibility index (Phi) is 3.91. The second-order valence-electron chi connectivity index (χ2n) is 5.46. The van der Waals surface area contributed by atoms with Crippen molar-refractivity contribution in [2.45, 2.75) is 32.4 Å². The van der Waals surface area contributed by atoms with Crippen LogP contribution in [-0.4, -0.2) is 16.7 Å². The molecule has 0 aliphatic carbocycles. The highest BCUT2D eigenvalue weighted by atomic mass is 16.3. The quantitative estimate of drug-likeness (QED) is 0.867. The van der Waals surface area contributed by atoms with Gasteiger partial charge in [-0.05, 0) is 44.0 Å². The van der Waals surface area contributed by atoms with Crippen molar-refractivity contribution in [2.75, 3.05) is 5.32 Å². The van der Waals surface area contributed by atoms with Crippen molar-refractivity contribution in [3.05, 3.63) is 54.6 Å². The molecule has 0 aliphatic rings. The van der Waals surface area contributed by atoms with E-state index in [0.717, 1.165) is 5.69 Å². The van der Waals surface area contributed by atoms with Crippen molar-refractivity contribution in [2.24, 2.45) is 0 Å². The van der Waals surface area contributed by atoms with Crippen molar-refractivity contribution in [1.29, 1.82) is 0 Å². The van der Waals surface area contributed by atoms with Crippen molar-refractivity contribution < 1.29 is 5.11 Å². The summed E-state index contributed by atoms with van der Waals surface area (Å²) in [5.41, 5.74) is 2.69. The van der Waals surface area contributed by atoms with Crippen LogP contribution >= 0.6 is 0 Å². The van der Waals surface area contributed by atoms with Gasteiger partial charge in [0.15, 0.2) is 0 Å². The Balaban J connectivity index is 2.11. The van der Waals surface area contributed by atoms with Crippen LogP contribution in [0.2, 0.25) is 0 Å². The lowest BCUT2D eigenvalue weighted by Gasteiger charge is -2.27. The van der Waals surface area contributed by atoms with E-state index in [1.165, 1.54) is 11.1 Å². The number of hydrogen-bond acceptors (Lipinski definition) is 2. The first kappa shape index (κ1) is 13.6. The number of benzene rings is 2. The van der Waals surface area contributed by atoms with Crippen LogP contribution in [0.25, 0.3) is 11.1 Å². The minimum atomic E-state index is -0.738. The fraction of sp³-hybridized carbons (Fsp3) is 0.294. The largest absolute Gasteiger partial charge is 0.388 e. The van der Waals surface area contributed by atoms with Gasteiger partial charge in [-0.15, -0.1) is 0 Å². The second-order valence-corrected chi connectivity index (χ2v) is 5.46. The summed E-state index contributed by atoms with van der Waals surface area (Å²) in [6.45, 7) is 5.59. The molecule has 2 N–H and O–H groups in total. The Hall–Kier alpha value is -1.80. The maximum Gasteiger partial charge on any atom is 0.0789 e. The third kappa shape index (κ3) is 3.58. The molecular formula is C17H21NO. The Labute approximate surface area is 115 Å². The minimum absolute atomic E-state index is 0.00456. The van der Waals surface area contributed by atoms with Crippen molar-refractivity contribution in [1.82, 2.24) is 0 Å². The van der Waals surface area contributed by atoms with Crippen LogP contribution < -0.4 is 5.32 Å². The lowest BCUT2D eigenvalue weighted by atomic mass is 10.00. The SMILES string of the molecule is CC(Nc1ccc(-c2ccccc2)cc1)C(C)(C)O. The summed E-state index contributed by atoms with van der Waals surface area (Å²) < 4.78 is 0. The van der Waals surface area contributed by atoms with Crippen molar-refractivity contribution in [3.8, 4) is 11.1 Å². The molecule has 2 aromatic rings. The summed E-state index contributed by atoms with van der Waals surface area (Å²) in [4.78, 5) is 0. The van der Waals surface area contributed by atoms with Gasteiger partial charge >= 0.3 is 0 Å². The summed E-state index contributed by atoms with van der Waals surface area (Å²) >= 11 is 0. The molecule has 0 radical (unpaired) electrons. The molecule has 0 saturated carbocycles. The van der Waals surface area contributed by atoms with E-state index in [2.05, 4.69) is 29.6 Å². The van der Waals surface area contributed by atoms with Gasteiger partial charge in [0.1, 0.15) is 0 Å². The smallest absolute Gasteiger partial charge is 0.0789 e. The van der Waals surface area contributed by atoms with Gasteiger partial charge in [-0.1, -0.05) is 42.5 Å². The lowest BCUT2D eigenvalue weighted by Crippen LogP contribution is -2.39. The van der Waals surface area contributed by atoms with E-state index >= 15 is 0 Å². The monoisotopic (exact) mass is 255 g/mol. The minimum Gasteiger partial charge on any atom is -0.388 e. The summed E-state index contributed by atoms with van der Waals surface area (Å²) in [6.07, 6.45) is 0. The van der Waals surface area contributed by atoms with Gasteiger partial charge in [0, 0.05) is 5.69 Å². The van der Waals surface area contributed by atoms with Gasteiger partial charge in [-0.3, -0.25) is 0 Å². The molecule has 2 aromatic carbocycles. The van der Waals surface area contributed by atoms with Crippen LogP contribution in [0.4, 0.5) is 5.69 Å². The molecule has 2 heteroatoms. The standard InChI is InChI=1S/C17H21NO/c1-13(17(2,3)19)18-16-11-9-15(10-12-16)14-7-5-4-6-8-14/h4-13,18-19H,1-3H3. The molecular weight excluding hydrogens is 234 g/mol. The predicted octanol–water partition coefficient (Wildman–Crippen LogP) is 3.92. The molecule has 0 spiro atoms. The van der Waals surface area contributed by atoms with E-state index < -0.39 is 5.60 Å². The van der Waals surface area contributed by atoms with Crippen LogP contribution in [-0.2, 0) is 0 Å². The molecule has 100 valence electrons. The maximum absolute atomic E-state index is 9.92. The number of nitrogens with one attached hydrogen (secondary N) is 1. The molecule has 0 amide bonds. The lowest BCUT2D eigenvalue weighted by molar-refractivity contribution is 0.0649. The molecule has 2 nitrogen and oxygen atoms in total. The topological polar surface area (TPSA) is 32.3 Å². The molecule has 0 saturated heterocycles. The predicted molar refractivity (Wildman–Crippen MR) is 81.3 cm³/mol. The van der Waals surface area contributed by atoms with E-state index in [-0.39, 0.29) is 6.04 Å². The van der Waals surface area contributed by atoms with Crippen molar-refractivity contribution in [3.63, 3.8) is 0 Å². The maximum atomic E-state index is 9.92. The van der Waals surface area contributed by atoms with Gasteiger partial charge in [-0.2, -0.15) is 0 Å². The summed E-state index contributed by atoms with van der Waals surface area (Å²) in [6, 6.07) is 18.6. The fourth-order valence-corrected chi connectivity index (χ4v) is 1.82. The first-order valence-corrected chi connectivity index (χ1v) is 6.61. The van der Waals surface area contributed by atoms with E-state index in [1.807, 2.05) is 51.1 Å². The van der Waals surface area contributed by atoms with E-state index in [1.54, 1.807) is 0 Å². The number of aliphatic hydroxyl groups is 1. The molecule has 0 bridgehead atoms. The first-order valence-electron chi connectivity index (χ1n) is 6.61. The average molecular weight is 255 g/mol. The second kappa shape index (κ2) is 5.45. The normalized spacial score (nSPS) is 13.1. The van der Waals surface area contributed by atoms with E-state index in [0.29, 0.717) is 0 Å². The molecule has 0 aliphatic heterocycles. The molecule has 19 heavy (non-hydrogen) atoms. The Morgan fingerprint density at radius 1 is 0.895 bits per heavy atom. The number of anilines is 1. The zero-order valence-corrected chi connectivity index (χ0v) is 11.7. The van der Waals surface area contributed by atoms with Gasteiger partial charge in [0.25, 0.3) is 0 Å². The summed E-state index contributed by atoms with van der Waals surface area (Å²) in [5, 5.41) is 13.2. The molecule has 0 fully saturated rings. The van der Waals surface area contributed by atoms with E-state index in [4.69, 9.17) is 0 Å². The summed E-state index contributed by atoms with van der Waals surface area (Å²) in [5.74, 6) is 0. The van der Waals surface area contributed by atoms with Crippen LogP contribution in [0.15, 0.2) is 54.6 Å². The Morgan fingerprint density at radius 3 is 1.95 bits per heavy atom. The Morgan fingerprint density at radius 2 is 1.42 bits per heavy atom. The van der Waals surface area contributed by atoms with Crippen LogP contribution in [0, 0.1) is 0 Å². The average Bonchev–Trinajstić information content (AvgIpc) is 2.39. The van der Waals surface area contributed by atoms with Gasteiger partial charge in [0.2, 0.25) is 0 Å². The third-order valence-corrected chi connectivity index (χ3v) is 3.43. The van der Waals surface area contributed by atoms with Gasteiger partial charge in [0.05, 0.1) is 11.6 Å². The number of rotatable bonds is 4. The molecule has 1 atom stereocenters. The van der Waals surface area contributed by atoms with Crippen LogP contribution in [0.3, 0.4) is 0 Å².